The van der Waals surface area contributed by atoms with Gasteiger partial charge in [-0.05, 0) is 36.1 Å². The molecule has 0 spiro atoms. The van der Waals surface area contributed by atoms with E-state index in [1.807, 2.05) is 19.1 Å². The van der Waals surface area contributed by atoms with Crippen LogP contribution >= 0.6 is 0 Å². The lowest BCUT2D eigenvalue weighted by molar-refractivity contribution is 0.318. The van der Waals surface area contributed by atoms with Gasteiger partial charge in [0.1, 0.15) is 0 Å². The average Bonchev–Trinajstić information content (AvgIpc) is 3.06. The molecule has 0 atom stereocenters. The minimum atomic E-state index is 0.110. The van der Waals surface area contributed by atoms with Gasteiger partial charge < -0.3 is 9.84 Å². The van der Waals surface area contributed by atoms with Gasteiger partial charge >= 0.3 is 0 Å². The van der Waals surface area contributed by atoms with E-state index in [0.717, 1.165) is 11.1 Å². The molecule has 0 aliphatic carbocycles. The van der Waals surface area contributed by atoms with Crippen LogP contribution in [-0.2, 0) is 5.41 Å². The van der Waals surface area contributed by atoms with Gasteiger partial charge in [-0.1, -0.05) is 45.0 Å². The van der Waals surface area contributed by atoms with E-state index in [1.165, 1.54) is 5.56 Å². The minimum absolute atomic E-state index is 0.110. The molecular formula is C20H23N3O2. The number of phenolic OH excluding ortho intramolecular Hbond substituents is 1. The van der Waals surface area contributed by atoms with Crippen LogP contribution in [0.2, 0.25) is 0 Å². The van der Waals surface area contributed by atoms with Crippen molar-refractivity contribution in [3.05, 3.63) is 48.0 Å². The summed E-state index contributed by atoms with van der Waals surface area (Å²) in [5.74, 6) is 1.82. The predicted octanol–water partition coefficient (Wildman–Crippen LogP) is 4.54. The van der Waals surface area contributed by atoms with E-state index in [1.54, 1.807) is 18.2 Å². The van der Waals surface area contributed by atoms with E-state index in [9.17, 15) is 5.11 Å². The number of aromatic amines is 1. The molecule has 0 bridgehead atoms. The molecule has 0 aliphatic heterocycles. The van der Waals surface area contributed by atoms with E-state index in [4.69, 9.17) is 4.74 Å². The second kappa shape index (κ2) is 6.59. The maximum atomic E-state index is 9.81. The zero-order valence-electron chi connectivity index (χ0n) is 15.0. The first-order valence-corrected chi connectivity index (χ1v) is 8.38. The Labute approximate surface area is 147 Å². The molecule has 1 heterocycles. The van der Waals surface area contributed by atoms with E-state index in [0.29, 0.717) is 24.0 Å². The maximum Gasteiger partial charge on any atom is 0.181 e. The number of rotatable bonds is 4. The van der Waals surface area contributed by atoms with Crippen LogP contribution in [0.4, 0.5) is 0 Å². The smallest absolute Gasteiger partial charge is 0.181 e. The molecule has 3 rings (SSSR count). The lowest BCUT2D eigenvalue weighted by Gasteiger charge is -2.18. The lowest BCUT2D eigenvalue weighted by atomic mass is 9.87. The fraction of sp³-hybridized carbons (Fsp3) is 0.300. The van der Waals surface area contributed by atoms with Crippen molar-refractivity contribution < 1.29 is 9.84 Å². The fourth-order valence-electron chi connectivity index (χ4n) is 2.57. The third kappa shape index (κ3) is 3.65. The second-order valence-corrected chi connectivity index (χ2v) is 6.95. The first-order valence-electron chi connectivity index (χ1n) is 8.38. The molecule has 0 amide bonds. The molecule has 3 aromatic rings. The standard InChI is InChI=1S/C20H23N3O2/c1-5-25-17-12-14(8-11-16(17)24)19-21-18(22-23-19)13-6-9-15(10-7-13)20(2,3)4/h6-12,24H,5H2,1-4H3,(H,21,22,23). The number of aromatic hydroxyl groups is 1. The molecule has 0 aliphatic rings. The highest BCUT2D eigenvalue weighted by atomic mass is 16.5. The molecule has 2 aromatic carbocycles. The molecule has 1 aromatic heterocycles. The quantitative estimate of drug-likeness (QED) is 0.733. The highest BCUT2D eigenvalue weighted by Crippen LogP contribution is 2.31. The molecule has 130 valence electrons. The number of benzene rings is 2. The van der Waals surface area contributed by atoms with Crippen molar-refractivity contribution in [2.75, 3.05) is 6.61 Å². The Bertz CT molecular complexity index is 861. The number of ether oxygens (including phenoxy) is 1. The highest BCUT2D eigenvalue weighted by Gasteiger charge is 2.14. The first kappa shape index (κ1) is 17.0. The van der Waals surface area contributed by atoms with Crippen LogP contribution in [0.25, 0.3) is 22.8 Å². The zero-order valence-corrected chi connectivity index (χ0v) is 15.0. The monoisotopic (exact) mass is 337 g/mol. The van der Waals surface area contributed by atoms with Crippen LogP contribution in [0.15, 0.2) is 42.5 Å². The summed E-state index contributed by atoms with van der Waals surface area (Å²) < 4.78 is 5.42. The number of H-pyrrole nitrogens is 1. The Hall–Kier alpha value is -2.82. The number of phenols is 1. The molecule has 0 saturated heterocycles. The van der Waals surface area contributed by atoms with Crippen molar-refractivity contribution in [1.29, 1.82) is 0 Å². The molecule has 0 fully saturated rings. The van der Waals surface area contributed by atoms with Gasteiger partial charge in [0.25, 0.3) is 0 Å². The molecule has 2 N–H and O–H groups in total. The fourth-order valence-corrected chi connectivity index (χ4v) is 2.57. The van der Waals surface area contributed by atoms with Crippen molar-refractivity contribution in [2.45, 2.75) is 33.1 Å². The normalized spacial score (nSPS) is 11.5. The second-order valence-electron chi connectivity index (χ2n) is 6.95. The van der Waals surface area contributed by atoms with E-state index >= 15 is 0 Å². The van der Waals surface area contributed by atoms with Gasteiger partial charge in [-0.25, -0.2) is 4.98 Å². The van der Waals surface area contributed by atoms with Crippen LogP contribution in [0.3, 0.4) is 0 Å². The summed E-state index contributed by atoms with van der Waals surface area (Å²) in [6, 6.07) is 13.4. The minimum Gasteiger partial charge on any atom is -0.504 e. The zero-order chi connectivity index (χ0) is 18.0. The Morgan fingerprint density at radius 1 is 1.04 bits per heavy atom. The summed E-state index contributed by atoms with van der Waals surface area (Å²) in [7, 11) is 0. The summed E-state index contributed by atoms with van der Waals surface area (Å²) in [6.07, 6.45) is 0. The maximum absolute atomic E-state index is 9.81. The Kier molecular flexibility index (Phi) is 4.49. The molecule has 0 radical (unpaired) electrons. The summed E-state index contributed by atoms with van der Waals surface area (Å²) in [6.45, 7) is 8.93. The van der Waals surface area contributed by atoms with Crippen molar-refractivity contribution in [3.8, 4) is 34.3 Å². The topological polar surface area (TPSA) is 71.0 Å². The number of hydrogen-bond acceptors (Lipinski definition) is 4. The van der Waals surface area contributed by atoms with E-state index in [-0.39, 0.29) is 11.2 Å². The number of nitrogens with zero attached hydrogens (tertiary/aromatic N) is 2. The number of hydrogen-bond donors (Lipinski definition) is 2. The lowest BCUT2D eigenvalue weighted by Crippen LogP contribution is -2.10. The van der Waals surface area contributed by atoms with Gasteiger partial charge in [0, 0.05) is 11.1 Å². The van der Waals surface area contributed by atoms with Gasteiger partial charge in [-0.15, -0.1) is 0 Å². The van der Waals surface area contributed by atoms with Gasteiger partial charge in [0.05, 0.1) is 6.61 Å². The van der Waals surface area contributed by atoms with Crippen molar-refractivity contribution in [1.82, 2.24) is 15.2 Å². The molecule has 5 heteroatoms. The van der Waals surface area contributed by atoms with Crippen LogP contribution < -0.4 is 4.74 Å². The Balaban J connectivity index is 1.89. The number of aromatic nitrogens is 3. The molecule has 0 saturated carbocycles. The van der Waals surface area contributed by atoms with Crippen molar-refractivity contribution in [3.63, 3.8) is 0 Å². The summed E-state index contributed by atoms with van der Waals surface area (Å²) in [5, 5.41) is 17.1. The molecule has 25 heavy (non-hydrogen) atoms. The van der Waals surface area contributed by atoms with Gasteiger partial charge in [-0.3, -0.25) is 5.10 Å². The molecule has 5 nitrogen and oxygen atoms in total. The Morgan fingerprint density at radius 2 is 1.72 bits per heavy atom. The summed E-state index contributed by atoms with van der Waals surface area (Å²) in [4.78, 5) is 4.57. The average molecular weight is 337 g/mol. The van der Waals surface area contributed by atoms with Crippen molar-refractivity contribution >= 4 is 0 Å². The third-order valence-corrected chi connectivity index (χ3v) is 4.03. The van der Waals surface area contributed by atoms with E-state index in [2.05, 4.69) is 48.1 Å². The van der Waals surface area contributed by atoms with Crippen LogP contribution in [-0.4, -0.2) is 26.9 Å². The van der Waals surface area contributed by atoms with Gasteiger partial charge in [0.2, 0.25) is 0 Å². The number of nitrogens with one attached hydrogen (secondary N) is 1. The molecular weight excluding hydrogens is 314 g/mol. The highest BCUT2D eigenvalue weighted by molar-refractivity contribution is 5.64. The van der Waals surface area contributed by atoms with Crippen molar-refractivity contribution in [2.24, 2.45) is 0 Å². The van der Waals surface area contributed by atoms with Gasteiger partial charge in [0.15, 0.2) is 23.1 Å². The van der Waals surface area contributed by atoms with Crippen LogP contribution in [0, 0.1) is 0 Å². The largest absolute Gasteiger partial charge is 0.504 e. The Morgan fingerprint density at radius 3 is 2.36 bits per heavy atom. The van der Waals surface area contributed by atoms with Crippen LogP contribution in [0.5, 0.6) is 11.5 Å². The van der Waals surface area contributed by atoms with Gasteiger partial charge in [-0.2, -0.15) is 5.10 Å². The third-order valence-electron chi connectivity index (χ3n) is 4.03. The summed E-state index contributed by atoms with van der Waals surface area (Å²) >= 11 is 0. The SMILES string of the molecule is CCOc1cc(-c2n[nH]c(-c3ccc(C(C)(C)C)cc3)n2)ccc1O. The first-order chi connectivity index (χ1) is 11.9. The molecule has 0 unspecified atom stereocenters. The summed E-state index contributed by atoms with van der Waals surface area (Å²) in [5.41, 5.74) is 3.16. The predicted molar refractivity (Wildman–Crippen MR) is 98.8 cm³/mol. The van der Waals surface area contributed by atoms with E-state index < -0.39 is 0 Å². The van der Waals surface area contributed by atoms with Crippen LogP contribution in [0.1, 0.15) is 33.3 Å².